The summed E-state index contributed by atoms with van der Waals surface area (Å²) < 4.78 is 16.7. The van der Waals surface area contributed by atoms with Crippen LogP contribution in [0.5, 0.6) is 0 Å². The molecule has 0 radical (unpaired) electrons. The lowest BCUT2D eigenvalue weighted by molar-refractivity contribution is -0.307. The number of esters is 1. The first kappa shape index (κ1) is 34.1. The highest BCUT2D eigenvalue weighted by Crippen LogP contribution is 2.24. The first-order valence-corrected chi connectivity index (χ1v) is 14.1. The van der Waals surface area contributed by atoms with Crippen LogP contribution in [0.4, 0.5) is 0 Å². The van der Waals surface area contributed by atoms with E-state index in [1.807, 2.05) is 13.0 Å². The van der Waals surface area contributed by atoms with Crippen LogP contribution in [0.1, 0.15) is 58.3 Å². The summed E-state index contributed by atoms with van der Waals surface area (Å²) in [5.41, 5.74) is 0. The van der Waals surface area contributed by atoms with Crippen molar-refractivity contribution in [3.63, 3.8) is 0 Å². The second kappa shape index (κ2) is 19.1. The van der Waals surface area contributed by atoms with Crippen molar-refractivity contribution in [3.8, 4) is 0 Å². The summed E-state index contributed by atoms with van der Waals surface area (Å²) in [5.74, 6) is -0.440. The van der Waals surface area contributed by atoms with Crippen LogP contribution in [0.3, 0.4) is 0 Å². The third-order valence-electron chi connectivity index (χ3n) is 6.66. The van der Waals surface area contributed by atoms with E-state index in [9.17, 15) is 35.4 Å². The van der Waals surface area contributed by atoms with Gasteiger partial charge in [0.25, 0.3) is 0 Å². The molecule has 40 heavy (non-hydrogen) atoms. The number of ether oxygens (including phenoxy) is 3. The van der Waals surface area contributed by atoms with E-state index < -0.39 is 61.6 Å². The van der Waals surface area contributed by atoms with Gasteiger partial charge in [-0.3, -0.25) is 0 Å². The molecule has 2 rings (SSSR count). The molecule has 0 aromatic rings. The number of carbonyl (C=O) groups excluding carboxylic acids is 1. The van der Waals surface area contributed by atoms with Gasteiger partial charge in [0.2, 0.25) is 0 Å². The second-order valence-electron chi connectivity index (χ2n) is 10.2. The molecule has 2 aliphatic rings. The standard InChI is InChI=1S/C30H46O10/c1-21-13-7-3-2-4-8-14-22(32)19-23(33)15-9-5-10-16-24(17-11-6-12-18-26(34)38-21)39-30-29(37)28(36)27(35)25(20-31)40-30/h5-6,8-12,14,16,18,21-25,27-33,35-37H,2-4,7,13,15,17,19-20H2,1H3/b9-5-,11-6+,14-8+,16-10+,18-12?/t21-,22+,23+,24-,25+,27+,28-,29+,30-/m1/s1. The predicted molar refractivity (Wildman–Crippen MR) is 149 cm³/mol. The highest BCUT2D eigenvalue weighted by molar-refractivity contribution is 5.82. The Morgan fingerprint density at radius 2 is 1.62 bits per heavy atom. The van der Waals surface area contributed by atoms with Crippen LogP contribution >= 0.6 is 0 Å². The van der Waals surface area contributed by atoms with E-state index in [2.05, 4.69) is 0 Å². The molecule has 9 atom stereocenters. The van der Waals surface area contributed by atoms with Gasteiger partial charge in [-0.2, -0.15) is 0 Å². The molecule has 0 amide bonds. The van der Waals surface area contributed by atoms with Crippen LogP contribution in [-0.2, 0) is 19.0 Å². The summed E-state index contributed by atoms with van der Waals surface area (Å²) in [6.07, 6.45) is 12.8. The molecule has 226 valence electrons. The van der Waals surface area contributed by atoms with Crippen molar-refractivity contribution in [3.05, 3.63) is 60.8 Å². The summed E-state index contributed by atoms with van der Waals surface area (Å²) >= 11 is 0. The minimum Gasteiger partial charge on any atom is -0.460 e. The van der Waals surface area contributed by atoms with E-state index in [1.54, 1.807) is 48.6 Å². The van der Waals surface area contributed by atoms with E-state index >= 15 is 0 Å². The van der Waals surface area contributed by atoms with Crippen molar-refractivity contribution < 1.29 is 49.6 Å². The molecule has 0 saturated carbocycles. The lowest BCUT2D eigenvalue weighted by Gasteiger charge is -2.40. The average Bonchev–Trinajstić information content (AvgIpc) is 2.91. The average molecular weight is 567 g/mol. The molecule has 6 N–H and O–H groups in total. The van der Waals surface area contributed by atoms with Gasteiger partial charge in [-0.1, -0.05) is 61.1 Å². The summed E-state index contributed by atoms with van der Waals surface area (Å²) in [5, 5.41) is 60.2. The smallest absolute Gasteiger partial charge is 0.331 e. The minimum atomic E-state index is -1.56. The number of hydrogen-bond donors (Lipinski definition) is 6. The molecule has 1 fully saturated rings. The monoisotopic (exact) mass is 566 g/mol. The second-order valence-corrected chi connectivity index (χ2v) is 10.2. The largest absolute Gasteiger partial charge is 0.460 e. The van der Waals surface area contributed by atoms with Crippen molar-refractivity contribution >= 4 is 5.97 Å². The van der Waals surface area contributed by atoms with Gasteiger partial charge in [0.1, 0.15) is 24.4 Å². The third kappa shape index (κ3) is 13.0. The Bertz CT molecular complexity index is 865. The zero-order chi connectivity index (χ0) is 29.3. The molecule has 2 heterocycles. The Morgan fingerprint density at radius 3 is 2.40 bits per heavy atom. The zero-order valence-corrected chi connectivity index (χ0v) is 23.1. The Kier molecular flexibility index (Phi) is 16.2. The van der Waals surface area contributed by atoms with Gasteiger partial charge in [-0.15, -0.1) is 0 Å². The molecular weight excluding hydrogens is 520 g/mol. The fraction of sp³-hybridized carbons (Fsp3) is 0.633. The molecule has 2 aliphatic heterocycles. The van der Waals surface area contributed by atoms with Crippen LogP contribution < -0.4 is 0 Å². The van der Waals surface area contributed by atoms with Crippen LogP contribution in [0.15, 0.2) is 60.8 Å². The van der Waals surface area contributed by atoms with Gasteiger partial charge >= 0.3 is 5.97 Å². The molecular formula is C30H46O10. The fourth-order valence-corrected chi connectivity index (χ4v) is 4.33. The van der Waals surface area contributed by atoms with Crippen LogP contribution in [0.2, 0.25) is 0 Å². The first-order chi connectivity index (χ1) is 19.2. The number of cyclic esters (lactones) is 1. The number of hydrogen-bond acceptors (Lipinski definition) is 10. The maximum atomic E-state index is 12.1. The summed E-state index contributed by atoms with van der Waals surface area (Å²) in [6.45, 7) is 1.29. The minimum absolute atomic E-state index is 0.208. The van der Waals surface area contributed by atoms with E-state index in [-0.39, 0.29) is 12.5 Å². The van der Waals surface area contributed by atoms with Gasteiger partial charge in [-0.25, -0.2) is 4.79 Å². The highest BCUT2D eigenvalue weighted by Gasteiger charge is 2.44. The lowest BCUT2D eigenvalue weighted by Crippen LogP contribution is -2.59. The Balaban J connectivity index is 2.10. The lowest BCUT2D eigenvalue weighted by atomic mass is 9.99. The number of rotatable bonds is 3. The molecule has 0 unspecified atom stereocenters. The molecule has 0 aliphatic carbocycles. The Hall–Kier alpha value is -2.15. The SMILES string of the molecule is C[C@@H]1CCCCC/C=C/[C@H](O)C[C@@H](O)C/C=C\C=C\[C@@H](O[C@@H]2O[C@@H](CO)[C@H](O)[C@@H](O)[C@@H]2O)C/C=C/C=CC(=O)O1. The van der Waals surface area contributed by atoms with Gasteiger partial charge in [0.15, 0.2) is 6.29 Å². The highest BCUT2D eigenvalue weighted by atomic mass is 16.7. The van der Waals surface area contributed by atoms with E-state index in [4.69, 9.17) is 14.2 Å². The summed E-state index contributed by atoms with van der Waals surface area (Å²) in [4.78, 5) is 12.1. The van der Waals surface area contributed by atoms with E-state index in [0.717, 1.165) is 32.1 Å². The van der Waals surface area contributed by atoms with Crippen molar-refractivity contribution in [2.45, 2.75) is 113 Å². The molecule has 10 heteroatoms. The van der Waals surface area contributed by atoms with E-state index in [0.29, 0.717) is 12.8 Å². The normalized spacial score (nSPS) is 39.4. The molecule has 0 bridgehead atoms. The van der Waals surface area contributed by atoms with E-state index in [1.165, 1.54) is 6.08 Å². The number of carbonyl (C=O) groups is 1. The van der Waals surface area contributed by atoms with Crippen molar-refractivity contribution in [1.82, 2.24) is 0 Å². The molecule has 0 aromatic carbocycles. The van der Waals surface area contributed by atoms with Crippen molar-refractivity contribution in [2.75, 3.05) is 6.61 Å². The van der Waals surface area contributed by atoms with Crippen LogP contribution in [-0.4, -0.2) is 98.3 Å². The number of allylic oxidation sites excluding steroid dienone is 5. The maximum Gasteiger partial charge on any atom is 0.331 e. The molecule has 10 nitrogen and oxygen atoms in total. The Morgan fingerprint density at radius 1 is 0.875 bits per heavy atom. The zero-order valence-electron chi connectivity index (χ0n) is 23.1. The van der Waals surface area contributed by atoms with Crippen LogP contribution in [0, 0.1) is 0 Å². The fourth-order valence-electron chi connectivity index (χ4n) is 4.33. The number of aliphatic hydroxyl groups excluding tert-OH is 6. The molecule has 0 aromatic heterocycles. The van der Waals surface area contributed by atoms with Gasteiger partial charge in [-0.05, 0) is 45.4 Å². The third-order valence-corrected chi connectivity index (χ3v) is 6.66. The number of aliphatic hydroxyl groups is 6. The van der Waals surface area contributed by atoms with Gasteiger partial charge in [0, 0.05) is 12.5 Å². The maximum absolute atomic E-state index is 12.1. The Labute approximate surface area is 236 Å². The van der Waals surface area contributed by atoms with Crippen molar-refractivity contribution in [1.29, 1.82) is 0 Å². The molecule has 1 saturated heterocycles. The van der Waals surface area contributed by atoms with Gasteiger partial charge in [0.05, 0.1) is 31.0 Å². The first-order valence-electron chi connectivity index (χ1n) is 14.1. The van der Waals surface area contributed by atoms with Crippen molar-refractivity contribution in [2.24, 2.45) is 0 Å². The topological polar surface area (TPSA) is 166 Å². The quantitative estimate of drug-likeness (QED) is 0.219. The summed E-state index contributed by atoms with van der Waals surface area (Å²) in [7, 11) is 0. The predicted octanol–water partition coefficient (Wildman–Crippen LogP) is 1.74. The van der Waals surface area contributed by atoms with Gasteiger partial charge < -0.3 is 44.8 Å². The van der Waals surface area contributed by atoms with Crippen LogP contribution in [0.25, 0.3) is 0 Å². The summed E-state index contributed by atoms with van der Waals surface area (Å²) in [6, 6.07) is 0. The molecule has 0 spiro atoms.